The minimum absolute atomic E-state index is 0.0370. The maximum atomic E-state index is 12.9. The van der Waals surface area contributed by atoms with E-state index in [0.717, 1.165) is 12.1 Å². The number of Topliss-reactive ketones (excluding diaryl/α,β-unsaturated/α-hetero) is 1. The molecule has 1 atom stereocenters. The Morgan fingerprint density at radius 1 is 0.857 bits per heavy atom. The fourth-order valence-electron chi connectivity index (χ4n) is 3.87. The lowest BCUT2D eigenvalue weighted by Gasteiger charge is -2.25. The molecule has 1 aliphatic rings. The molecule has 2 N–H and O–H groups in total. The predicted octanol–water partition coefficient (Wildman–Crippen LogP) is 3.57. The SMILES string of the molecule is O=C(O)CCCCCN1C(=O)C(=O)C(=C(O)c2ccc([N+](=O)[O-])cc2)[C@@H]1c1ccc([N+](=O)[O-])cc1. The zero-order chi connectivity index (χ0) is 25.7. The van der Waals surface area contributed by atoms with Gasteiger partial charge in [-0.1, -0.05) is 6.42 Å². The van der Waals surface area contributed by atoms with Crippen LogP contribution in [0.2, 0.25) is 0 Å². The van der Waals surface area contributed by atoms with E-state index in [4.69, 9.17) is 5.11 Å². The Labute approximate surface area is 198 Å². The predicted molar refractivity (Wildman–Crippen MR) is 121 cm³/mol. The van der Waals surface area contributed by atoms with Gasteiger partial charge in [-0.05, 0) is 42.7 Å². The van der Waals surface area contributed by atoms with E-state index in [1.807, 2.05) is 0 Å². The number of carbonyl (C=O) groups is 3. The summed E-state index contributed by atoms with van der Waals surface area (Å²) >= 11 is 0. The number of aliphatic hydroxyl groups is 1. The number of carbonyl (C=O) groups excluding carboxylic acids is 2. The van der Waals surface area contributed by atoms with E-state index in [2.05, 4.69) is 0 Å². The smallest absolute Gasteiger partial charge is 0.303 e. The molecule has 12 heteroatoms. The standard InChI is InChI=1S/C23H21N3O9/c27-18(28)4-2-1-3-13-24-20(14-5-9-16(10-6-14)25(32)33)19(22(30)23(24)31)21(29)15-7-11-17(12-8-15)26(34)35/h5-12,20,29H,1-4,13H2,(H,27,28)/t20-/m0/s1. The molecule has 182 valence electrons. The number of aliphatic hydroxyl groups excluding tert-OH is 1. The third-order valence-corrected chi connectivity index (χ3v) is 5.60. The van der Waals surface area contributed by atoms with Crippen LogP contribution in [-0.2, 0) is 14.4 Å². The van der Waals surface area contributed by atoms with Gasteiger partial charge < -0.3 is 15.1 Å². The highest BCUT2D eigenvalue weighted by Gasteiger charge is 2.45. The monoisotopic (exact) mass is 483 g/mol. The number of carboxylic acid groups (broad SMARTS) is 1. The summed E-state index contributed by atoms with van der Waals surface area (Å²) in [5.74, 6) is -3.32. The van der Waals surface area contributed by atoms with Crippen molar-refractivity contribution >= 4 is 34.8 Å². The fraction of sp³-hybridized carbons (Fsp3) is 0.261. The van der Waals surface area contributed by atoms with Crippen molar-refractivity contribution in [1.82, 2.24) is 4.90 Å². The lowest BCUT2D eigenvalue weighted by Crippen LogP contribution is -2.30. The molecule has 0 unspecified atom stereocenters. The Kier molecular flexibility index (Phi) is 7.54. The zero-order valence-electron chi connectivity index (χ0n) is 18.3. The number of unbranched alkanes of at least 4 members (excludes halogenated alkanes) is 2. The maximum Gasteiger partial charge on any atom is 0.303 e. The lowest BCUT2D eigenvalue weighted by atomic mass is 9.95. The molecule has 1 fully saturated rings. The number of rotatable bonds is 10. The van der Waals surface area contributed by atoms with Crippen LogP contribution in [0.1, 0.15) is 42.9 Å². The summed E-state index contributed by atoms with van der Waals surface area (Å²) in [6.07, 6.45) is 1.21. The first-order chi connectivity index (χ1) is 16.6. The van der Waals surface area contributed by atoms with Crippen molar-refractivity contribution in [2.24, 2.45) is 0 Å². The molecule has 3 rings (SSSR count). The topological polar surface area (TPSA) is 181 Å². The minimum Gasteiger partial charge on any atom is -0.507 e. The number of likely N-dealkylation sites (tertiary alicyclic amines) is 1. The van der Waals surface area contributed by atoms with Crippen molar-refractivity contribution in [3.8, 4) is 0 Å². The normalized spacial score (nSPS) is 16.9. The van der Waals surface area contributed by atoms with E-state index in [1.165, 1.54) is 41.3 Å². The second-order valence-electron chi connectivity index (χ2n) is 7.85. The number of nitrogens with zero attached hydrogens (tertiary/aromatic N) is 3. The molecule has 12 nitrogen and oxygen atoms in total. The van der Waals surface area contributed by atoms with E-state index < -0.39 is 39.3 Å². The highest BCUT2D eigenvalue weighted by atomic mass is 16.6. The van der Waals surface area contributed by atoms with Gasteiger partial charge in [-0.2, -0.15) is 0 Å². The van der Waals surface area contributed by atoms with Gasteiger partial charge in [0.2, 0.25) is 0 Å². The molecule has 0 spiro atoms. The van der Waals surface area contributed by atoms with E-state index in [-0.39, 0.29) is 35.5 Å². The fourth-order valence-corrected chi connectivity index (χ4v) is 3.87. The Balaban J connectivity index is 2.01. The molecular weight excluding hydrogens is 462 g/mol. The number of carboxylic acids is 1. The summed E-state index contributed by atoms with van der Waals surface area (Å²) in [5, 5.41) is 41.7. The Bertz CT molecular complexity index is 1200. The number of nitro benzene ring substituents is 2. The molecule has 0 aliphatic carbocycles. The van der Waals surface area contributed by atoms with Gasteiger partial charge in [0.15, 0.2) is 0 Å². The van der Waals surface area contributed by atoms with Crippen LogP contribution in [0, 0.1) is 20.2 Å². The molecule has 2 aromatic carbocycles. The Morgan fingerprint density at radius 2 is 1.40 bits per heavy atom. The van der Waals surface area contributed by atoms with Crippen LogP contribution in [0.4, 0.5) is 11.4 Å². The number of amides is 1. The number of hydrogen-bond donors (Lipinski definition) is 2. The van der Waals surface area contributed by atoms with Gasteiger partial charge in [0.25, 0.3) is 23.1 Å². The van der Waals surface area contributed by atoms with Crippen LogP contribution < -0.4 is 0 Å². The van der Waals surface area contributed by atoms with Crippen LogP contribution in [0.25, 0.3) is 5.76 Å². The first-order valence-electron chi connectivity index (χ1n) is 10.6. The maximum absolute atomic E-state index is 12.9. The summed E-state index contributed by atoms with van der Waals surface area (Å²) in [4.78, 5) is 58.5. The molecule has 0 bridgehead atoms. The highest BCUT2D eigenvalue weighted by molar-refractivity contribution is 6.46. The third kappa shape index (κ3) is 5.49. The van der Waals surface area contributed by atoms with Crippen LogP contribution in [0.5, 0.6) is 0 Å². The number of benzene rings is 2. The molecule has 35 heavy (non-hydrogen) atoms. The summed E-state index contributed by atoms with van der Waals surface area (Å²) in [6, 6.07) is 8.94. The summed E-state index contributed by atoms with van der Waals surface area (Å²) in [6.45, 7) is 0.0862. The first kappa shape index (κ1) is 25.0. The average Bonchev–Trinajstić information content (AvgIpc) is 3.08. The largest absolute Gasteiger partial charge is 0.507 e. The second kappa shape index (κ2) is 10.5. The number of hydrogen-bond acceptors (Lipinski definition) is 8. The molecule has 0 aromatic heterocycles. The molecule has 0 saturated carbocycles. The third-order valence-electron chi connectivity index (χ3n) is 5.60. The zero-order valence-corrected chi connectivity index (χ0v) is 18.3. The van der Waals surface area contributed by atoms with E-state index in [0.29, 0.717) is 24.8 Å². The quantitative estimate of drug-likeness (QED) is 0.127. The Hall–Kier alpha value is -4.61. The average molecular weight is 483 g/mol. The van der Waals surface area contributed by atoms with E-state index in [1.54, 1.807) is 0 Å². The van der Waals surface area contributed by atoms with Crippen molar-refractivity contribution in [3.05, 3.63) is 85.5 Å². The Morgan fingerprint density at radius 3 is 1.91 bits per heavy atom. The number of ketones is 1. The van der Waals surface area contributed by atoms with E-state index in [9.17, 15) is 39.7 Å². The number of non-ortho nitro benzene ring substituents is 2. The van der Waals surface area contributed by atoms with Gasteiger partial charge in [-0.15, -0.1) is 0 Å². The minimum atomic E-state index is -1.05. The van der Waals surface area contributed by atoms with Gasteiger partial charge in [0, 0.05) is 42.8 Å². The lowest BCUT2D eigenvalue weighted by molar-refractivity contribution is -0.385. The van der Waals surface area contributed by atoms with Crippen LogP contribution >= 0.6 is 0 Å². The summed E-state index contributed by atoms with van der Waals surface area (Å²) < 4.78 is 0. The van der Waals surface area contributed by atoms with Gasteiger partial charge in [-0.25, -0.2) is 0 Å². The molecule has 1 saturated heterocycles. The van der Waals surface area contributed by atoms with Gasteiger partial charge in [0.1, 0.15) is 5.76 Å². The molecule has 0 radical (unpaired) electrons. The number of aliphatic carboxylic acids is 1. The second-order valence-corrected chi connectivity index (χ2v) is 7.85. The summed E-state index contributed by atoms with van der Waals surface area (Å²) in [5.41, 5.74) is -0.237. The summed E-state index contributed by atoms with van der Waals surface area (Å²) in [7, 11) is 0. The van der Waals surface area contributed by atoms with Crippen LogP contribution in [-0.4, -0.2) is 49.2 Å². The molecule has 1 amide bonds. The van der Waals surface area contributed by atoms with Crippen molar-refractivity contribution in [2.75, 3.05) is 6.54 Å². The van der Waals surface area contributed by atoms with Crippen molar-refractivity contribution in [2.45, 2.75) is 31.7 Å². The van der Waals surface area contributed by atoms with Gasteiger partial charge in [-0.3, -0.25) is 34.6 Å². The van der Waals surface area contributed by atoms with Crippen molar-refractivity contribution in [1.29, 1.82) is 0 Å². The van der Waals surface area contributed by atoms with Crippen LogP contribution in [0.15, 0.2) is 54.1 Å². The number of nitro groups is 2. The van der Waals surface area contributed by atoms with Crippen molar-refractivity contribution < 1.29 is 34.4 Å². The van der Waals surface area contributed by atoms with Crippen LogP contribution in [0.3, 0.4) is 0 Å². The highest BCUT2D eigenvalue weighted by Crippen LogP contribution is 2.40. The van der Waals surface area contributed by atoms with E-state index >= 15 is 0 Å². The molecule has 1 aliphatic heterocycles. The first-order valence-corrected chi connectivity index (χ1v) is 10.6. The molecule has 1 heterocycles. The van der Waals surface area contributed by atoms with Gasteiger partial charge in [0.05, 0.1) is 21.5 Å². The molecular formula is C23H21N3O9. The van der Waals surface area contributed by atoms with Crippen molar-refractivity contribution in [3.63, 3.8) is 0 Å². The van der Waals surface area contributed by atoms with Gasteiger partial charge >= 0.3 is 5.97 Å². The molecule has 2 aromatic rings.